The molecule has 0 amide bonds. The number of aliphatic hydroxyl groups excluding tert-OH is 1. The number of hydrogen-bond acceptors (Lipinski definition) is 4. The maximum atomic E-state index is 11.9. The third-order valence-corrected chi connectivity index (χ3v) is 4.75. The molecule has 110 valence electrons. The lowest BCUT2D eigenvalue weighted by Crippen LogP contribution is -2.35. The molecule has 0 radical (unpaired) electrons. The molecule has 7 heteroatoms. The van der Waals surface area contributed by atoms with Gasteiger partial charge in [0, 0.05) is 12.8 Å². The Balaban J connectivity index is 2.04. The second-order valence-corrected chi connectivity index (χ2v) is 6.76. The molecule has 0 unspecified atom stereocenters. The topological polar surface area (TPSA) is 104 Å². The zero-order chi connectivity index (χ0) is 14.8. The summed E-state index contributed by atoms with van der Waals surface area (Å²) >= 11 is 0. The Bertz CT molecular complexity index is 599. The number of sulfonamides is 1. The van der Waals surface area contributed by atoms with Crippen LogP contribution in [0.4, 0.5) is 0 Å². The van der Waals surface area contributed by atoms with E-state index in [1.54, 1.807) is 12.1 Å². The first-order valence-electron chi connectivity index (χ1n) is 6.37. The van der Waals surface area contributed by atoms with E-state index in [9.17, 15) is 18.3 Å². The summed E-state index contributed by atoms with van der Waals surface area (Å²) in [6.07, 6.45) is -0.514. The van der Waals surface area contributed by atoms with Crippen LogP contribution in [-0.2, 0) is 21.2 Å². The van der Waals surface area contributed by atoms with Gasteiger partial charge in [-0.05, 0) is 17.5 Å². The molecule has 0 aromatic heterocycles. The smallest absolute Gasteiger partial charge is 0.303 e. The third kappa shape index (κ3) is 3.56. The molecular weight excluding hydrogens is 282 g/mol. The van der Waals surface area contributed by atoms with Crippen molar-refractivity contribution in [3.05, 3.63) is 35.4 Å². The highest BCUT2D eigenvalue weighted by Crippen LogP contribution is 2.31. The number of aliphatic carboxylic acids is 1. The fourth-order valence-corrected chi connectivity index (χ4v) is 3.69. The highest BCUT2D eigenvalue weighted by Gasteiger charge is 2.33. The Morgan fingerprint density at radius 1 is 1.35 bits per heavy atom. The molecule has 0 heterocycles. The highest BCUT2D eigenvalue weighted by atomic mass is 32.2. The largest absolute Gasteiger partial charge is 0.481 e. The average Bonchev–Trinajstić information content (AvgIpc) is 2.65. The van der Waals surface area contributed by atoms with Gasteiger partial charge in [0.15, 0.2) is 0 Å². The number of carbonyl (C=O) groups is 1. The number of rotatable bonds is 6. The fourth-order valence-electron chi connectivity index (χ4n) is 2.38. The summed E-state index contributed by atoms with van der Waals surface area (Å²) in [5, 5.41) is 18.5. The Morgan fingerprint density at radius 3 is 2.75 bits per heavy atom. The van der Waals surface area contributed by atoms with Crippen LogP contribution in [0.2, 0.25) is 0 Å². The van der Waals surface area contributed by atoms with Crippen LogP contribution >= 0.6 is 0 Å². The van der Waals surface area contributed by atoms with Crippen molar-refractivity contribution in [1.82, 2.24) is 4.72 Å². The van der Waals surface area contributed by atoms with E-state index in [1.807, 2.05) is 12.1 Å². The van der Waals surface area contributed by atoms with Crippen molar-refractivity contribution in [3.63, 3.8) is 0 Å². The van der Waals surface area contributed by atoms with Crippen molar-refractivity contribution in [2.45, 2.75) is 31.4 Å². The number of carboxylic acids is 1. The van der Waals surface area contributed by atoms with Crippen molar-refractivity contribution in [3.8, 4) is 0 Å². The van der Waals surface area contributed by atoms with Crippen LogP contribution in [0.15, 0.2) is 24.3 Å². The van der Waals surface area contributed by atoms with E-state index in [0.29, 0.717) is 6.42 Å². The Hall–Kier alpha value is -1.44. The second-order valence-electron chi connectivity index (χ2n) is 4.88. The van der Waals surface area contributed by atoms with E-state index in [4.69, 9.17) is 5.11 Å². The van der Waals surface area contributed by atoms with E-state index in [1.165, 1.54) is 0 Å². The van der Waals surface area contributed by atoms with E-state index in [2.05, 4.69) is 4.72 Å². The third-order valence-electron chi connectivity index (χ3n) is 3.31. The molecule has 2 rings (SSSR count). The van der Waals surface area contributed by atoms with Gasteiger partial charge in [-0.2, -0.15) is 0 Å². The monoisotopic (exact) mass is 299 g/mol. The van der Waals surface area contributed by atoms with Gasteiger partial charge in [0.25, 0.3) is 0 Å². The van der Waals surface area contributed by atoms with Crippen LogP contribution in [0, 0.1) is 0 Å². The maximum Gasteiger partial charge on any atom is 0.303 e. The first-order chi connectivity index (χ1) is 9.39. The van der Waals surface area contributed by atoms with Crippen LogP contribution in [0.3, 0.4) is 0 Å². The molecule has 2 atom stereocenters. The van der Waals surface area contributed by atoms with Crippen LogP contribution in [0.1, 0.15) is 30.0 Å². The standard InChI is InChI=1S/C13H17NO5S/c15-11-8-9-4-1-2-5-10(9)13(11)14-20(18,19)7-3-6-12(16)17/h1-2,4-5,11,13-15H,3,6-8H2,(H,16,17)/t11-,13+/m1/s1. The second kappa shape index (κ2) is 5.90. The number of hydrogen-bond donors (Lipinski definition) is 3. The minimum absolute atomic E-state index is 0.0507. The molecule has 20 heavy (non-hydrogen) atoms. The van der Waals surface area contributed by atoms with Gasteiger partial charge < -0.3 is 10.2 Å². The molecule has 0 bridgehead atoms. The first kappa shape index (κ1) is 15.0. The van der Waals surface area contributed by atoms with Crippen molar-refractivity contribution < 1.29 is 23.4 Å². The average molecular weight is 299 g/mol. The van der Waals surface area contributed by atoms with Crippen LogP contribution in [-0.4, -0.2) is 36.5 Å². The first-order valence-corrected chi connectivity index (χ1v) is 8.02. The summed E-state index contributed by atoms with van der Waals surface area (Å²) in [4.78, 5) is 10.4. The van der Waals surface area contributed by atoms with Crippen LogP contribution in [0.25, 0.3) is 0 Å². The Morgan fingerprint density at radius 2 is 2.05 bits per heavy atom. The Labute approximate surface area is 117 Å². The summed E-state index contributed by atoms with van der Waals surface area (Å²) in [6.45, 7) is 0. The predicted octanol–water partition coefficient (Wildman–Crippen LogP) is 0.429. The van der Waals surface area contributed by atoms with Gasteiger partial charge in [0.2, 0.25) is 10.0 Å². The predicted molar refractivity (Wildman–Crippen MR) is 72.7 cm³/mol. The zero-order valence-corrected chi connectivity index (χ0v) is 11.6. The molecule has 0 saturated heterocycles. The lowest BCUT2D eigenvalue weighted by atomic mass is 10.1. The Kier molecular flexibility index (Phi) is 4.42. The number of benzene rings is 1. The summed E-state index contributed by atoms with van der Waals surface area (Å²) in [7, 11) is -3.61. The van der Waals surface area contributed by atoms with E-state index < -0.39 is 28.1 Å². The van der Waals surface area contributed by atoms with Gasteiger partial charge in [-0.1, -0.05) is 24.3 Å². The number of carboxylic acid groups (broad SMARTS) is 1. The molecule has 0 fully saturated rings. The molecular formula is C13H17NO5S. The summed E-state index contributed by atoms with van der Waals surface area (Å²) in [5.41, 5.74) is 1.71. The molecule has 6 nitrogen and oxygen atoms in total. The number of fused-ring (bicyclic) bond motifs is 1. The fraction of sp³-hybridized carbons (Fsp3) is 0.462. The summed E-state index contributed by atoms with van der Waals surface area (Å²) < 4.78 is 26.3. The minimum atomic E-state index is -3.61. The molecule has 1 aromatic carbocycles. The molecule has 0 saturated carbocycles. The SMILES string of the molecule is O=C(O)CCCS(=O)(=O)N[C@H]1c2ccccc2C[C@H]1O. The van der Waals surface area contributed by atoms with Crippen molar-refractivity contribution >= 4 is 16.0 Å². The molecule has 0 spiro atoms. The lowest BCUT2D eigenvalue weighted by molar-refractivity contribution is -0.137. The molecule has 1 aliphatic rings. The maximum absolute atomic E-state index is 11.9. The van der Waals surface area contributed by atoms with Gasteiger partial charge in [0.05, 0.1) is 17.9 Å². The van der Waals surface area contributed by atoms with Crippen molar-refractivity contribution in [1.29, 1.82) is 0 Å². The van der Waals surface area contributed by atoms with E-state index in [0.717, 1.165) is 11.1 Å². The lowest BCUT2D eigenvalue weighted by Gasteiger charge is -2.17. The molecule has 0 aliphatic heterocycles. The van der Waals surface area contributed by atoms with Gasteiger partial charge in [-0.15, -0.1) is 0 Å². The van der Waals surface area contributed by atoms with E-state index >= 15 is 0 Å². The quantitative estimate of drug-likeness (QED) is 0.706. The van der Waals surface area contributed by atoms with Crippen LogP contribution < -0.4 is 4.72 Å². The molecule has 1 aliphatic carbocycles. The van der Waals surface area contributed by atoms with Gasteiger partial charge >= 0.3 is 5.97 Å². The zero-order valence-electron chi connectivity index (χ0n) is 10.8. The molecule has 1 aromatic rings. The van der Waals surface area contributed by atoms with Gasteiger partial charge in [0.1, 0.15) is 0 Å². The summed E-state index contributed by atoms with van der Waals surface area (Å²) in [6, 6.07) is 6.63. The molecule has 3 N–H and O–H groups in total. The highest BCUT2D eigenvalue weighted by molar-refractivity contribution is 7.89. The van der Waals surface area contributed by atoms with Gasteiger partial charge in [-0.25, -0.2) is 13.1 Å². The van der Waals surface area contributed by atoms with Gasteiger partial charge in [-0.3, -0.25) is 4.79 Å². The minimum Gasteiger partial charge on any atom is -0.481 e. The summed E-state index contributed by atoms with van der Waals surface area (Å²) in [5.74, 6) is -1.28. The van der Waals surface area contributed by atoms with Crippen molar-refractivity contribution in [2.24, 2.45) is 0 Å². The van der Waals surface area contributed by atoms with E-state index in [-0.39, 0.29) is 18.6 Å². The normalized spacial score (nSPS) is 21.6. The number of aliphatic hydroxyl groups is 1. The van der Waals surface area contributed by atoms with Crippen molar-refractivity contribution in [2.75, 3.05) is 5.75 Å². The van der Waals surface area contributed by atoms with Crippen LogP contribution in [0.5, 0.6) is 0 Å². The number of nitrogens with one attached hydrogen (secondary N) is 1.